The maximum Gasteiger partial charge on any atom is 0.283 e. The van der Waals surface area contributed by atoms with Gasteiger partial charge < -0.3 is 5.11 Å². The average molecular weight is 483 g/mol. The molecule has 0 aliphatic rings. The van der Waals surface area contributed by atoms with Crippen LogP contribution in [0.2, 0.25) is 10.0 Å². The first-order valence-corrected chi connectivity index (χ1v) is 11.1. The van der Waals surface area contributed by atoms with Gasteiger partial charge in [-0.15, -0.1) is 0 Å². The molecule has 0 bridgehead atoms. The van der Waals surface area contributed by atoms with Gasteiger partial charge in [-0.3, -0.25) is 10.1 Å². The van der Waals surface area contributed by atoms with E-state index in [1.807, 2.05) is 37.3 Å². The summed E-state index contributed by atoms with van der Waals surface area (Å²) in [6.07, 6.45) is 3.43. The van der Waals surface area contributed by atoms with Gasteiger partial charge in [0.05, 0.1) is 25.6 Å². The van der Waals surface area contributed by atoms with E-state index in [1.54, 1.807) is 30.4 Å². The number of hydrogen-bond acceptors (Lipinski definition) is 5. The van der Waals surface area contributed by atoms with E-state index in [9.17, 15) is 15.2 Å². The predicted octanol–water partition coefficient (Wildman–Crippen LogP) is 7.79. The van der Waals surface area contributed by atoms with Gasteiger partial charge >= 0.3 is 0 Å². The molecule has 0 saturated heterocycles. The number of halogens is 2. The minimum Gasteiger partial charge on any atom is -0.504 e. The molecule has 1 N–H and O–H groups in total. The van der Waals surface area contributed by atoms with Crippen LogP contribution in [-0.4, -0.2) is 15.0 Å². The Balaban J connectivity index is 1.64. The van der Waals surface area contributed by atoms with Crippen LogP contribution in [0.25, 0.3) is 23.1 Å². The number of hydrogen-bond donors (Lipinski definition) is 1. The highest BCUT2D eigenvalue weighted by Crippen LogP contribution is 2.37. The number of pyridine rings is 1. The van der Waals surface area contributed by atoms with Crippen molar-refractivity contribution in [3.63, 3.8) is 0 Å². The Morgan fingerprint density at radius 1 is 1.00 bits per heavy atom. The SMILES string of the molecule is Cc1ccc(Sc2ccc(/C=C/c3ccc4c(Cl)cc(Cl)c(O)c4n3)cc2[N+](=O)[O-])cc1. The van der Waals surface area contributed by atoms with Gasteiger partial charge in [-0.2, -0.15) is 0 Å². The summed E-state index contributed by atoms with van der Waals surface area (Å²) in [5.41, 5.74) is 2.65. The second kappa shape index (κ2) is 9.20. The molecule has 0 saturated carbocycles. The van der Waals surface area contributed by atoms with Gasteiger partial charge in [0.1, 0.15) is 5.52 Å². The summed E-state index contributed by atoms with van der Waals surface area (Å²) in [7, 11) is 0. The Hall–Kier alpha value is -3.06. The van der Waals surface area contributed by atoms with Crippen molar-refractivity contribution in [1.29, 1.82) is 0 Å². The monoisotopic (exact) mass is 482 g/mol. The van der Waals surface area contributed by atoms with Crippen LogP contribution in [-0.2, 0) is 0 Å². The van der Waals surface area contributed by atoms with Gasteiger partial charge in [0, 0.05) is 16.3 Å². The molecule has 0 unspecified atom stereocenters. The number of aromatic nitrogens is 1. The van der Waals surface area contributed by atoms with Crippen LogP contribution in [0, 0.1) is 17.0 Å². The molecule has 160 valence electrons. The molecule has 0 fully saturated rings. The molecule has 5 nitrogen and oxygen atoms in total. The largest absolute Gasteiger partial charge is 0.504 e. The summed E-state index contributed by atoms with van der Waals surface area (Å²) < 4.78 is 0. The molecule has 4 aromatic rings. The van der Waals surface area contributed by atoms with E-state index in [-0.39, 0.29) is 21.4 Å². The maximum absolute atomic E-state index is 11.6. The third kappa shape index (κ3) is 4.72. The summed E-state index contributed by atoms with van der Waals surface area (Å²) in [5, 5.41) is 22.9. The fraction of sp³-hybridized carbons (Fsp3) is 0.0417. The zero-order valence-electron chi connectivity index (χ0n) is 16.8. The third-order valence-electron chi connectivity index (χ3n) is 4.75. The fourth-order valence-electron chi connectivity index (χ4n) is 3.09. The highest BCUT2D eigenvalue weighted by Gasteiger charge is 2.15. The number of phenols is 1. The van der Waals surface area contributed by atoms with Crippen molar-refractivity contribution in [2.45, 2.75) is 16.7 Å². The van der Waals surface area contributed by atoms with Crippen molar-refractivity contribution in [2.24, 2.45) is 0 Å². The molecule has 0 spiro atoms. The molecule has 0 aliphatic carbocycles. The lowest BCUT2D eigenvalue weighted by molar-refractivity contribution is -0.387. The van der Waals surface area contributed by atoms with Crippen LogP contribution in [0.1, 0.15) is 16.8 Å². The summed E-state index contributed by atoms with van der Waals surface area (Å²) in [6.45, 7) is 1.99. The molecule has 1 aromatic heterocycles. The number of rotatable bonds is 5. The van der Waals surface area contributed by atoms with E-state index in [4.69, 9.17) is 23.2 Å². The Labute approximate surface area is 198 Å². The second-order valence-corrected chi connectivity index (χ2v) is 8.98. The van der Waals surface area contributed by atoms with E-state index >= 15 is 0 Å². The van der Waals surface area contributed by atoms with Gasteiger partial charge in [0.2, 0.25) is 0 Å². The lowest BCUT2D eigenvalue weighted by Gasteiger charge is -2.06. The molecule has 0 atom stereocenters. The van der Waals surface area contributed by atoms with Gasteiger partial charge in [0.25, 0.3) is 5.69 Å². The number of phenolic OH excluding ortho intramolecular Hbond substituents is 1. The fourth-order valence-corrected chi connectivity index (χ4v) is 4.51. The van der Waals surface area contributed by atoms with Crippen LogP contribution in [0.15, 0.2) is 70.5 Å². The number of nitro groups is 1. The molecular formula is C24H16Cl2N2O3S. The topological polar surface area (TPSA) is 76.3 Å². The number of benzene rings is 3. The number of nitrogens with zero attached hydrogens (tertiary/aromatic N) is 2. The normalized spacial score (nSPS) is 11.3. The molecule has 8 heteroatoms. The van der Waals surface area contributed by atoms with Crippen molar-refractivity contribution in [3.8, 4) is 5.75 Å². The molecule has 0 radical (unpaired) electrons. The standard InChI is InChI=1S/C24H16Cl2N2O3S/c1-14-2-8-17(9-3-14)32-22-11-5-15(12-21(22)28(30)31)4-6-16-7-10-18-19(25)13-20(26)24(29)23(18)27-16/h2-13,29H,1H3/b6-4+. The first kappa shape index (κ1) is 22.1. The molecule has 4 rings (SSSR count). The van der Waals surface area contributed by atoms with E-state index in [0.29, 0.717) is 32.1 Å². The van der Waals surface area contributed by atoms with E-state index in [1.165, 1.54) is 23.9 Å². The van der Waals surface area contributed by atoms with E-state index in [2.05, 4.69) is 4.98 Å². The van der Waals surface area contributed by atoms with Crippen molar-refractivity contribution < 1.29 is 10.0 Å². The molecule has 0 amide bonds. The summed E-state index contributed by atoms with van der Waals surface area (Å²) in [6, 6.07) is 17.9. The number of nitro benzene ring substituents is 1. The van der Waals surface area contributed by atoms with Crippen molar-refractivity contribution in [1.82, 2.24) is 4.98 Å². The smallest absolute Gasteiger partial charge is 0.283 e. The van der Waals surface area contributed by atoms with Crippen LogP contribution in [0.5, 0.6) is 5.75 Å². The minimum absolute atomic E-state index is 0.0282. The first-order valence-electron chi connectivity index (χ1n) is 9.50. The first-order chi connectivity index (χ1) is 15.3. The van der Waals surface area contributed by atoms with Crippen molar-refractivity contribution >= 4 is 63.7 Å². The van der Waals surface area contributed by atoms with Crippen LogP contribution >= 0.6 is 35.0 Å². The molecule has 1 heterocycles. The lowest BCUT2D eigenvalue weighted by atomic mass is 10.1. The Kier molecular flexibility index (Phi) is 6.37. The van der Waals surface area contributed by atoms with Gasteiger partial charge in [-0.25, -0.2) is 4.98 Å². The highest BCUT2D eigenvalue weighted by molar-refractivity contribution is 7.99. The van der Waals surface area contributed by atoms with Crippen LogP contribution in [0.4, 0.5) is 5.69 Å². The molecule has 32 heavy (non-hydrogen) atoms. The Bertz CT molecular complexity index is 1370. The Morgan fingerprint density at radius 3 is 2.47 bits per heavy atom. The van der Waals surface area contributed by atoms with Gasteiger partial charge in [-0.1, -0.05) is 64.8 Å². The number of aromatic hydroxyl groups is 1. The maximum atomic E-state index is 11.6. The lowest BCUT2D eigenvalue weighted by Crippen LogP contribution is -1.92. The quantitative estimate of drug-likeness (QED) is 0.232. The van der Waals surface area contributed by atoms with E-state index < -0.39 is 0 Å². The average Bonchev–Trinajstić information content (AvgIpc) is 2.78. The summed E-state index contributed by atoms with van der Waals surface area (Å²) in [4.78, 5) is 17.2. The molecule has 3 aromatic carbocycles. The van der Waals surface area contributed by atoms with Crippen molar-refractivity contribution in [3.05, 3.63) is 97.6 Å². The predicted molar refractivity (Wildman–Crippen MR) is 131 cm³/mol. The molecule has 0 aliphatic heterocycles. The number of aryl methyl sites for hydroxylation is 1. The zero-order chi connectivity index (χ0) is 22.8. The van der Waals surface area contributed by atoms with Crippen LogP contribution in [0.3, 0.4) is 0 Å². The summed E-state index contributed by atoms with van der Waals surface area (Å²) in [5.74, 6) is -0.144. The zero-order valence-corrected chi connectivity index (χ0v) is 19.1. The van der Waals surface area contributed by atoms with Crippen molar-refractivity contribution in [2.75, 3.05) is 0 Å². The summed E-state index contributed by atoms with van der Waals surface area (Å²) >= 11 is 13.5. The third-order valence-corrected chi connectivity index (χ3v) is 6.43. The number of fused-ring (bicyclic) bond motifs is 1. The Morgan fingerprint density at radius 2 is 1.75 bits per heavy atom. The van der Waals surface area contributed by atoms with Gasteiger partial charge in [0.15, 0.2) is 5.75 Å². The van der Waals surface area contributed by atoms with Gasteiger partial charge in [-0.05, 0) is 55.0 Å². The minimum atomic E-state index is -0.385. The molecular weight excluding hydrogens is 467 g/mol. The van der Waals surface area contributed by atoms with Crippen LogP contribution < -0.4 is 0 Å². The highest BCUT2D eigenvalue weighted by atomic mass is 35.5. The van der Waals surface area contributed by atoms with E-state index in [0.717, 1.165) is 10.5 Å². The second-order valence-electron chi connectivity index (χ2n) is 7.05.